The summed E-state index contributed by atoms with van der Waals surface area (Å²) in [6, 6.07) is 6.15. The standard InChI is InChI=1S/C17H21FN2OS/c1-5-10-17(3,4)20-15(21)14-11(2)19-16(22-14)12-6-8-13(18)9-7-12/h6-9H,5,10H2,1-4H3,(H,20,21). The van der Waals surface area contributed by atoms with E-state index >= 15 is 0 Å². The van der Waals surface area contributed by atoms with E-state index in [1.165, 1.54) is 23.5 Å². The first-order chi connectivity index (χ1) is 10.3. The zero-order valence-corrected chi connectivity index (χ0v) is 14.2. The molecular formula is C17H21FN2OS. The number of aromatic nitrogens is 1. The first kappa shape index (κ1) is 16.6. The van der Waals surface area contributed by atoms with E-state index in [0.29, 0.717) is 10.6 Å². The summed E-state index contributed by atoms with van der Waals surface area (Å²) < 4.78 is 13.0. The lowest BCUT2D eigenvalue weighted by Gasteiger charge is -2.25. The van der Waals surface area contributed by atoms with Crippen molar-refractivity contribution >= 4 is 17.2 Å². The average Bonchev–Trinajstić information content (AvgIpc) is 2.81. The maximum atomic E-state index is 13.0. The Morgan fingerprint density at radius 3 is 2.55 bits per heavy atom. The Morgan fingerprint density at radius 2 is 1.95 bits per heavy atom. The normalized spacial score (nSPS) is 11.5. The highest BCUT2D eigenvalue weighted by molar-refractivity contribution is 7.17. The SMILES string of the molecule is CCCC(C)(C)NC(=O)c1sc(-c2ccc(F)cc2)nc1C. The van der Waals surface area contributed by atoms with Crippen molar-refractivity contribution in [3.05, 3.63) is 40.7 Å². The quantitative estimate of drug-likeness (QED) is 0.877. The molecule has 0 atom stereocenters. The molecule has 0 fully saturated rings. The van der Waals surface area contributed by atoms with Crippen LogP contribution in [0.25, 0.3) is 10.6 Å². The van der Waals surface area contributed by atoms with Crippen molar-refractivity contribution in [1.82, 2.24) is 10.3 Å². The first-order valence-electron chi connectivity index (χ1n) is 7.38. The lowest BCUT2D eigenvalue weighted by atomic mass is 9.99. The average molecular weight is 320 g/mol. The summed E-state index contributed by atoms with van der Waals surface area (Å²) in [4.78, 5) is 17.5. The molecular weight excluding hydrogens is 299 g/mol. The van der Waals surface area contributed by atoms with Crippen molar-refractivity contribution in [3.8, 4) is 10.6 Å². The molecule has 0 aliphatic carbocycles. The molecule has 1 N–H and O–H groups in total. The zero-order valence-electron chi connectivity index (χ0n) is 13.4. The van der Waals surface area contributed by atoms with Crippen LogP contribution in [0.2, 0.25) is 0 Å². The summed E-state index contributed by atoms with van der Waals surface area (Å²) in [7, 11) is 0. The van der Waals surface area contributed by atoms with Crippen LogP contribution in [0.1, 0.15) is 49.0 Å². The minimum atomic E-state index is -0.281. The number of halogens is 1. The second kappa shape index (κ2) is 6.57. The summed E-state index contributed by atoms with van der Waals surface area (Å²) in [5.41, 5.74) is 1.29. The van der Waals surface area contributed by atoms with Gasteiger partial charge in [0.15, 0.2) is 0 Å². The molecule has 22 heavy (non-hydrogen) atoms. The van der Waals surface area contributed by atoms with Gasteiger partial charge >= 0.3 is 0 Å². The maximum absolute atomic E-state index is 13.0. The predicted octanol–water partition coefficient (Wildman–Crippen LogP) is 4.57. The number of nitrogens with zero attached hydrogens (tertiary/aromatic N) is 1. The Hall–Kier alpha value is -1.75. The van der Waals surface area contributed by atoms with Gasteiger partial charge in [-0.3, -0.25) is 4.79 Å². The van der Waals surface area contributed by atoms with Crippen molar-refractivity contribution in [2.24, 2.45) is 0 Å². The molecule has 1 aromatic carbocycles. The highest BCUT2D eigenvalue weighted by Gasteiger charge is 2.23. The van der Waals surface area contributed by atoms with Crippen molar-refractivity contribution in [3.63, 3.8) is 0 Å². The van der Waals surface area contributed by atoms with E-state index in [2.05, 4.69) is 17.2 Å². The predicted molar refractivity (Wildman–Crippen MR) is 88.7 cm³/mol. The van der Waals surface area contributed by atoms with Crippen LogP contribution in [0.4, 0.5) is 4.39 Å². The Bertz CT molecular complexity index is 662. The van der Waals surface area contributed by atoms with E-state index in [9.17, 15) is 9.18 Å². The molecule has 2 rings (SSSR count). The zero-order chi connectivity index (χ0) is 16.3. The lowest BCUT2D eigenvalue weighted by Crippen LogP contribution is -2.43. The first-order valence-corrected chi connectivity index (χ1v) is 8.20. The largest absolute Gasteiger partial charge is 0.346 e. The number of thiazole rings is 1. The molecule has 0 radical (unpaired) electrons. The van der Waals surface area contributed by atoms with E-state index in [1.54, 1.807) is 12.1 Å². The van der Waals surface area contributed by atoms with Crippen molar-refractivity contribution in [2.75, 3.05) is 0 Å². The minimum absolute atomic E-state index is 0.0955. The van der Waals surface area contributed by atoms with Gasteiger partial charge in [-0.05, 0) is 51.5 Å². The van der Waals surface area contributed by atoms with Crippen LogP contribution in [0, 0.1) is 12.7 Å². The molecule has 3 nitrogen and oxygen atoms in total. The molecule has 1 heterocycles. The van der Waals surface area contributed by atoms with Crippen LogP contribution in [-0.4, -0.2) is 16.4 Å². The van der Waals surface area contributed by atoms with Gasteiger partial charge in [0.1, 0.15) is 15.7 Å². The van der Waals surface area contributed by atoms with Crippen molar-refractivity contribution in [1.29, 1.82) is 0 Å². The number of hydrogen-bond acceptors (Lipinski definition) is 3. The minimum Gasteiger partial charge on any atom is -0.346 e. The van der Waals surface area contributed by atoms with Gasteiger partial charge in [-0.2, -0.15) is 0 Å². The monoisotopic (exact) mass is 320 g/mol. The van der Waals surface area contributed by atoms with Gasteiger partial charge in [0, 0.05) is 11.1 Å². The van der Waals surface area contributed by atoms with Gasteiger partial charge < -0.3 is 5.32 Å². The van der Waals surface area contributed by atoms with E-state index in [-0.39, 0.29) is 17.3 Å². The number of aryl methyl sites for hydroxylation is 1. The molecule has 0 aliphatic rings. The molecule has 0 unspecified atom stereocenters. The molecule has 0 spiro atoms. The van der Waals surface area contributed by atoms with E-state index in [1.807, 2.05) is 20.8 Å². The number of rotatable bonds is 5. The molecule has 5 heteroatoms. The second-order valence-electron chi connectivity index (χ2n) is 6.03. The molecule has 0 saturated heterocycles. The number of benzene rings is 1. The van der Waals surface area contributed by atoms with Gasteiger partial charge in [0.25, 0.3) is 5.91 Å². The van der Waals surface area contributed by atoms with Crippen molar-refractivity contribution in [2.45, 2.75) is 46.1 Å². The smallest absolute Gasteiger partial charge is 0.263 e. The number of amides is 1. The number of nitrogens with one attached hydrogen (secondary N) is 1. The summed E-state index contributed by atoms with van der Waals surface area (Å²) in [6.07, 6.45) is 1.93. The molecule has 0 aliphatic heterocycles. The van der Waals surface area contributed by atoms with Crippen molar-refractivity contribution < 1.29 is 9.18 Å². The summed E-state index contributed by atoms with van der Waals surface area (Å²) in [5, 5.41) is 3.79. The molecule has 0 bridgehead atoms. The van der Waals surface area contributed by atoms with Gasteiger partial charge in [-0.1, -0.05) is 13.3 Å². The third-order valence-corrected chi connectivity index (χ3v) is 4.63. The van der Waals surface area contributed by atoms with Crippen LogP contribution in [0.3, 0.4) is 0 Å². The highest BCUT2D eigenvalue weighted by Crippen LogP contribution is 2.28. The fraction of sp³-hybridized carbons (Fsp3) is 0.412. The van der Waals surface area contributed by atoms with Crippen LogP contribution in [0.5, 0.6) is 0 Å². The van der Waals surface area contributed by atoms with Crippen LogP contribution >= 0.6 is 11.3 Å². The third kappa shape index (κ3) is 3.91. The Labute approximate surface area is 134 Å². The van der Waals surface area contributed by atoms with Crippen LogP contribution in [-0.2, 0) is 0 Å². The fourth-order valence-corrected chi connectivity index (χ4v) is 3.34. The van der Waals surface area contributed by atoms with E-state index in [4.69, 9.17) is 0 Å². The molecule has 1 aromatic heterocycles. The topological polar surface area (TPSA) is 42.0 Å². The maximum Gasteiger partial charge on any atom is 0.263 e. The number of carbonyl (C=O) groups excluding carboxylic acids is 1. The van der Waals surface area contributed by atoms with Gasteiger partial charge in [-0.15, -0.1) is 11.3 Å². The lowest BCUT2D eigenvalue weighted by molar-refractivity contribution is 0.0912. The van der Waals surface area contributed by atoms with Gasteiger partial charge in [0.05, 0.1) is 5.69 Å². The van der Waals surface area contributed by atoms with E-state index < -0.39 is 0 Å². The second-order valence-corrected chi connectivity index (χ2v) is 7.03. The third-order valence-electron chi connectivity index (χ3n) is 3.42. The molecule has 0 saturated carbocycles. The Kier molecular flexibility index (Phi) is 4.96. The Morgan fingerprint density at radius 1 is 1.32 bits per heavy atom. The van der Waals surface area contributed by atoms with Crippen LogP contribution < -0.4 is 5.32 Å². The van der Waals surface area contributed by atoms with Crippen LogP contribution in [0.15, 0.2) is 24.3 Å². The summed E-state index contributed by atoms with van der Waals surface area (Å²) >= 11 is 1.34. The molecule has 118 valence electrons. The number of hydrogen-bond donors (Lipinski definition) is 1. The Balaban J connectivity index is 2.22. The van der Waals surface area contributed by atoms with Gasteiger partial charge in [-0.25, -0.2) is 9.37 Å². The molecule has 1 amide bonds. The highest BCUT2D eigenvalue weighted by atomic mass is 32.1. The summed E-state index contributed by atoms with van der Waals surface area (Å²) in [6.45, 7) is 7.96. The number of carbonyl (C=O) groups is 1. The van der Waals surface area contributed by atoms with E-state index in [0.717, 1.165) is 23.4 Å². The molecule has 2 aromatic rings. The fourth-order valence-electron chi connectivity index (χ4n) is 2.37. The summed E-state index contributed by atoms with van der Waals surface area (Å²) in [5.74, 6) is -0.377. The van der Waals surface area contributed by atoms with Gasteiger partial charge in [0.2, 0.25) is 0 Å².